The molecule has 0 N–H and O–H groups in total. The van der Waals surface area contributed by atoms with Crippen LogP contribution in [-0.4, -0.2) is 33.0 Å². The fourth-order valence-electron chi connectivity index (χ4n) is 2.82. The second-order valence-electron chi connectivity index (χ2n) is 6.18. The summed E-state index contributed by atoms with van der Waals surface area (Å²) in [6, 6.07) is 5.90. The van der Waals surface area contributed by atoms with Crippen LogP contribution in [0.1, 0.15) is 27.7 Å². The molecular formula is C19H17N3O7S. The number of para-hydroxylation sites is 1. The highest BCUT2D eigenvalue weighted by molar-refractivity contribution is 7.20. The second-order valence-corrected chi connectivity index (χ2v) is 7.18. The Labute approximate surface area is 173 Å². The summed E-state index contributed by atoms with van der Waals surface area (Å²) >= 11 is 1.05. The van der Waals surface area contributed by atoms with Crippen molar-refractivity contribution in [2.45, 2.75) is 27.0 Å². The lowest BCUT2D eigenvalue weighted by Crippen LogP contribution is -2.25. The Bertz CT molecular complexity index is 1200. The van der Waals surface area contributed by atoms with Crippen LogP contribution in [0.4, 0.5) is 5.69 Å². The Morgan fingerprint density at radius 1 is 1.27 bits per heavy atom. The van der Waals surface area contributed by atoms with Crippen LogP contribution < -0.4 is 5.56 Å². The first-order valence-corrected chi connectivity index (χ1v) is 9.68. The minimum atomic E-state index is -0.755. The summed E-state index contributed by atoms with van der Waals surface area (Å²) in [7, 11) is 0. The number of rotatable bonds is 7. The maximum atomic E-state index is 12.8. The largest absolute Gasteiger partial charge is 0.462 e. The van der Waals surface area contributed by atoms with Crippen LogP contribution in [0.25, 0.3) is 10.2 Å². The molecule has 0 aliphatic rings. The molecule has 2 heterocycles. The Kier molecular flexibility index (Phi) is 6.21. The summed E-state index contributed by atoms with van der Waals surface area (Å²) in [5.41, 5.74) is 0.0241. The molecule has 2 aromatic heterocycles. The number of fused-ring (bicyclic) bond motifs is 1. The van der Waals surface area contributed by atoms with E-state index in [-0.39, 0.29) is 34.7 Å². The summed E-state index contributed by atoms with van der Waals surface area (Å²) < 4.78 is 11.1. The van der Waals surface area contributed by atoms with E-state index in [1.807, 2.05) is 0 Å². The average molecular weight is 431 g/mol. The van der Waals surface area contributed by atoms with Crippen molar-refractivity contribution in [3.05, 3.63) is 67.1 Å². The van der Waals surface area contributed by atoms with Crippen LogP contribution in [0.3, 0.4) is 0 Å². The molecule has 0 saturated carbocycles. The van der Waals surface area contributed by atoms with E-state index in [0.29, 0.717) is 10.4 Å². The zero-order chi connectivity index (χ0) is 21.8. The molecule has 0 aliphatic heterocycles. The lowest BCUT2D eigenvalue weighted by molar-refractivity contribution is -0.385. The van der Waals surface area contributed by atoms with E-state index in [1.165, 1.54) is 24.5 Å². The standard InChI is InChI=1S/C19H17N3O7S/c1-3-28-19(25)16-11(2)15-17(30-16)20-10-21(18(15)24)8-14(23)29-9-12-6-4-5-7-13(12)22(26)27/h4-7,10H,3,8-9H2,1-2H3. The third kappa shape index (κ3) is 4.20. The molecule has 0 bridgehead atoms. The molecule has 3 rings (SSSR count). The van der Waals surface area contributed by atoms with Crippen LogP contribution in [-0.2, 0) is 27.4 Å². The molecule has 11 heteroatoms. The molecule has 10 nitrogen and oxygen atoms in total. The minimum Gasteiger partial charge on any atom is -0.462 e. The van der Waals surface area contributed by atoms with Crippen LogP contribution in [0.2, 0.25) is 0 Å². The number of benzene rings is 1. The van der Waals surface area contributed by atoms with Crippen molar-refractivity contribution < 1.29 is 24.0 Å². The highest BCUT2D eigenvalue weighted by Crippen LogP contribution is 2.27. The van der Waals surface area contributed by atoms with Crippen LogP contribution in [0.5, 0.6) is 0 Å². The number of ether oxygens (including phenoxy) is 2. The molecule has 0 fully saturated rings. The first-order chi connectivity index (χ1) is 14.3. The van der Waals surface area contributed by atoms with Crippen molar-refractivity contribution in [2.75, 3.05) is 6.61 Å². The van der Waals surface area contributed by atoms with Gasteiger partial charge in [-0.05, 0) is 25.5 Å². The maximum Gasteiger partial charge on any atom is 0.348 e. The number of nitro groups is 1. The van der Waals surface area contributed by atoms with Crippen molar-refractivity contribution in [3.8, 4) is 0 Å². The SMILES string of the molecule is CCOC(=O)c1sc2ncn(CC(=O)OCc3ccccc3[N+](=O)[O-])c(=O)c2c1C. The molecule has 0 atom stereocenters. The van der Waals surface area contributed by atoms with Gasteiger partial charge in [0.2, 0.25) is 0 Å². The van der Waals surface area contributed by atoms with Gasteiger partial charge in [0.25, 0.3) is 11.2 Å². The van der Waals surface area contributed by atoms with Gasteiger partial charge >= 0.3 is 11.9 Å². The zero-order valence-corrected chi connectivity index (χ0v) is 16.9. The minimum absolute atomic E-state index is 0.161. The predicted molar refractivity (Wildman–Crippen MR) is 107 cm³/mol. The van der Waals surface area contributed by atoms with Crippen molar-refractivity contribution in [3.63, 3.8) is 0 Å². The van der Waals surface area contributed by atoms with Gasteiger partial charge in [0.1, 0.15) is 22.9 Å². The highest BCUT2D eigenvalue weighted by Gasteiger charge is 2.21. The van der Waals surface area contributed by atoms with E-state index in [2.05, 4.69) is 4.98 Å². The number of carbonyl (C=O) groups excluding carboxylic acids is 2. The highest BCUT2D eigenvalue weighted by atomic mass is 32.1. The monoisotopic (exact) mass is 431 g/mol. The van der Waals surface area contributed by atoms with Gasteiger partial charge in [-0.25, -0.2) is 9.78 Å². The molecule has 0 amide bonds. The summed E-state index contributed by atoms with van der Waals surface area (Å²) in [5, 5.41) is 11.3. The molecule has 0 radical (unpaired) electrons. The Morgan fingerprint density at radius 2 is 2.00 bits per heavy atom. The second kappa shape index (κ2) is 8.82. The van der Waals surface area contributed by atoms with Crippen molar-refractivity contribution in [1.82, 2.24) is 9.55 Å². The molecule has 156 valence electrons. The molecule has 0 saturated heterocycles. The molecular weight excluding hydrogens is 414 g/mol. The molecule has 3 aromatic rings. The van der Waals surface area contributed by atoms with Crippen LogP contribution in [0, 0.1) is 17.0 Å². The van der Waals surface area contributed by atoms with Gasteiger partial charge in [-0.1, -0.05) is 12.1 Å². The Balaban J connectivity index is 1.79. The van der Waals surface area contributed by atoms with E-state index in [1.54, 1.807) is 19.9 Å². The number of hydrogen-bond donors (Lipinski definition) is 0. The summed E-state index contributed by atoms with van der Waals surface area (Å²) in [6.45, 7) is 2.78. The van der Waals surface area contributed by atoms with E-state index < -0.39 is 29.0 Å². The van der Waals surface area contributed by atoms with Gasteiger partial charge in [-0.3, -0.25) is 24.3 Å². The Hall–Kier alpha value is -3.60. The van der Waals surface area contributed by atoms with Gasteiger partial charge < -0.3 is 9.47 Å². The number of nitro benzene ring substituents is 1. The topological polar surface area (TPSA) is 131 Å². The quantitative estimate of drug-likeness (QED) is 0.317. The van der Waals surface area contributed by atoms with Crippen LogP contribution in [0.15, 0.2) is 35.4 Å². The van der Waals surface area contributed by atoms with Gasteiger partial charge in [-0.2, -0.15) is 0 Å². The molecule has 30 heavy (non-hydrogen) atoms. The number of thiophene rings is 1. The third-order valence-corrected chi connectivity index (χ3v) is 5.43. The van der Waals surface area contributed by atoms with Crippen molar-refractivity contribution >= 4 is 39.2 Å². The van der Waals surface area contributed by atoms with Gasteiger partial charge in [0.15, 0.2) is 0 Å². The summed E-state index contributed by atoms with van der Waals surface area (Å²) in [6.07, 6.45) is 1.20. The van der Waals surface area contributed by atoms with Crippen LogP contribution >= 0.6 is 11.3 Å². The lowest BCUT2D eigenvalue weighted by Gasteiger charge is -2.07. The summed E-state index contributed by atoms with van der Waals surface area (Å²) in [4.78, 5) is 52.3. The van der Waals surface area contributed by atoms with E-state index in [9.17, 15) is 24.5 Å². The fraction of sp³-hybridized carbons (Fsp3) is 0.263. The molecule has 0 aliphatic carbocycles. The van der Waals surface area contributed by atoms with E-state index in [4.69, 9.17) is 9.47 Å². The van der Waals surface area contributed by atoms with Gasteiger partial charge in [0, 0.05) is 6.07 Å². The average Bonchev–Trinajstić information content (AvgIpc) is 3.06. The number of aryl methyl sites for hydroxylation is 1. The van der Waals surface area contributed by atoms with Gasteiger partial charge in [-0.15, -0.1) is 11.3 Å². The third-order valence-electron chi connectivity index (χ3n) is 4.25. The first kappa shape index (κ1) is 21.1. The van der Waals surface area contributed by atoms with Gasteiger partial charge in [0.05, 0.1) is 28.8 Å². The molecule has 1 aromatic carbocycles. The molecule has 0 spiro atoms. The number of esters is 2. The van der Waals surface area contributed by atoms with Crippen molar-refractivity contribution in [2.24, 2.45) is 0 Å². The smallest absolute Gasteiger partial charge is 0.348 e. The zero-order valence-electron chi connectivity index (χ0n) is 16.1. The van der Waals surface area contributed by atoms with Crippen molar-refractivity contribution in [1.29, 1.82) is 0 Å². The summed E-state index contributed by atoms with van der Waals surface area (Å²) in [5.74, 6) is -1.29. The van der Waals surface area contributed by atoms with E-state index >= 15 is 0 Å². The maximum absolute atomic E-state index is 12.8. The number of carbonyl (C=O) groups is 2. The number of hydrogen-bond acceptors (Lipinski definition) is 9. The predicted octanol–water partition coefficient (Wildman–Crippen LogP) is 2.59. The fourth-order valence-corrected chi connectivity index (χ4v) is 3.85. The Morgan fingerprint density at radius 3 is 2.70 bits per heavy atom. The normalized spacial score (nSPS) is 10.7. The lowest BCUT2D eigenvalue weighted by atomic mass is 10.2. The van der Waals surface area contributed by atoms with E-state index in [0.717, 1.165) is 15.9 Å². The molecule has 0 unspecified atom stereocenters. The number of nitrogens with zero attached hydrogens (tertiary/aromatic N) is 3. The number of aromatic nitrogens is 2. The first-order valence-electron chi connectivity index (χ1n) is 8.87.